The van der Waals surface area contributed by atoms with Crippen LogP contribution in [0.2, 0.25) is 0 Å². The van der Waals surface area contributed by atoms with Gasteiger partial charge in [-0.05, 0) is 10.4 Å². The van der Waals surface area contributed by atoms with E-state index in [4.69, 9.17) is 9.84 Å². The van der Waals surface area contributed by atoms with Crippen LogP contribution in [-0.2, 0) is 11.8 Å². The average molecular weight is 204 g/mol. The van der Waals surface area contributed by atoms with E-state index in [1.54, 1.807) is 11.7 Å². The number of aliphatic hydroxyl groups is 1. The molecule has 13 heavy (non-hydrogen) atoms. The summed E-state index contributed by atoms with van der Waals surface area (Å²) in [5, 5.41) is 20.2. The Labute approximate surface area is 80.3 Å². The normalized spacial score (nSPS) is 10.6. The second kappa shape index (κ2) is 5.90. The van der Waals surface area contributed by atoms with Gasteiger partial charge in [0.25, 0.3) is 0 Å². The number of hydrogen-bond acceptors (Lipinski definition) is 6. The predicted octanol–water partition coefficient (Wildman–Crippen LogP) is -0.689. The van der Waals surface area contributed by atoms with Crippen molar-refractivity contribution in [1.29, 1.82) is 0 Å². The van der Waals surface area contributed by atoms with Gasteiger partial charge in [-0.1, -0.05) is 11.8 Å². The van der Waals surface area contributed by atoms with Gasteiger partial charge in [-0.15, -0.1) is 5.10 Å². The summed E-state index contributed by atoms with van der Waals surface area (Å²) in [5.74, 6) is 0.786. The molecule has 0 aliphatic rings. The Bertz CT molecular complexity index is 242. The minimum absolute atomic E-state index is 0.0657. The molecule has 1 N–H and O–H groups in total. The number of aryl methyl sites for hydroxylation is 1. The monoisotopic (exact) mass is 204 g/mol. The molecular formula is C6H12N4O2S. The number of rotatable bonds is 6. The van der Waals surface area contributed by atoms with Gasteiger partial charge in [-0.2, -0.15) is 0 Å². The number of tetrazole rings is 1. The Morgan fingerprint density at radius 3 is 3.00 bits per heavy atom. The molecule has 1 aromatic heterocycles. The second-order valence-electron chi connectivity index (χ2n) is 2.27. The first-order chi connectivity index (χ1) is 6.34. The van der Waals surface area contributed by atoms with Gasteiger partial charge in [0.15, 0.2) is 0 Å². The second-order valence-corrected chi connectivity index (χ2v) is 3.33. The van der Waals surface area contributed by atoms with Crippen molar-refractivity contribution in [2.75, 3.05) is 25.6 Å². The van der Waals surface area contributed by atoms with E-state index in [0.29, 0.717) is 13.2 Å². The molecule has 0 aliphatic carbocycles. The molecule has 0 fully saturated rings. The molecular weight excluding hydrogens is 192 g/mol. The molecule has 0 bridgehead atoms. The number of hydrogen-bond donors (Lipinski definition) is 1. The lowest BCUT2D eigenvalue weighted by Gasteiger charge is -2.00. The van der Waals surface area contributed by atoms with Crippen molar-refractivity contribution >= 4 is 11.8 Å². The zero-order chi connectivity index (χ0) is 9.52. The lowest BCUT2D eigenvalue weighted by molar-refractivity contribution is 0.103. The van der Waals surface area contributed by atoms with Crippen molar-refractivity contribution < 1.29 is 9.84 Å². The minimum Gasteiger partial charge on any atom is -0.394 e. The highest BCUT2D eigenvalue weighted by atomic mass is 32.2. The molecule has 0 unspecified atom stereocenters. The maximum atomic E-state index is 8.43. The van der Waals surface area contributed by atoms with Crippen molar-refractivity contribution in [1.82, 2.24) is 20.2 Å². The van der Waals surface area contributed by atoms with Crippen LogP contribution < -0.4 is 0 Å². The largest absolute Gasteiger partial charge is 0.394 e. The summed E-state index contributed by atoms with van der Waals surface area (Å²) in [4.78, 5) is 0. The van der Waals surface area contributed by atoms with Gasteiger partial charge < -0.3 is 9.84 Å². The van der Waals surface area contributed by atoms with Gasteiger partial charge in [-0.3, -0.25) is 0 Å². The van der Waals surface area contributed by atoms with E-state index < -0.39 is 0 Å². The highest BCUT2D eigenvalue weighted by Crippen LogP contribution is 2.11. The molecule has 6 nitrogen and oxygen atoms in total. The number of thioether (sulfide) groups is 1. The third kappa shape index (κ3) is 3.71. The smallest absolute Gasteiger partial charge is 0.209 e. The summed E-state index contributed by atoms with van der Waals surface area (Å²) in [6.45, 7) is 1.05. The summed E-state index contributed by atoms with van der Waals surface area (Å²) in [6.07, 6.45) is 0. The summed E-state index contributed by atoms with van der Waals surface area (Å²) in [7, 11) is 1.79. The maximum Gasteiger partial charge on any atom is 0.209 e. The number of ether oxygens (including phenoxy) is 1. The first-order valence-electron chi connectivity index (χ1n) is 3.88. The van der Waals surface area contributed by atoms with E-state index in [1.165, 1.54) is 11.8 Å². The highest BCUT2D eigenvalue weighted by Gasteiger charge is 2.01. The molecule has 0 saturated heterocycles. The number of aliphatic hydroxyl groups excluding tert-OH is 1. The lowest BCUT2D eigenvalue weighted by atomic mass is 10.7. The first kappa shape index (κ1) is 10.4. The molecule has 0 aliphatic heterocycles. The van der Waals surface area contributed by atoms with Crippen molar-refractivity contribution in [3.8, 4) is 0 Å². The molecule has 74 valence electrons. The van der Waals surface area contributed by atoms with Crippen LogP contribution in [0.25, 0.3) is 0 Å². The molecule has 0 spiro atoms. The number of nitrogens with zero attached hydrogens (tertiary/aromatic N) is 4. The fourth-order valence-corrected chi connectivity index (χ4v) is 1.40. The molecule has 0 amide bonds. The van der Waals surface area contributed by atoms with Crippen LogP contribution in [-0.4, -0.2) is 50.9 Å². The van der Waals surface area contributed by atoms with Crippen LogP contribution >= 0.6 is 11.8 Å². The SMILES string of the molecule is Cn1nnnc1SCCOCCO. The topological polar surface area (TPSA) is 73.1 Å². The third-order valence-electron chi connectivity index (χ3n) is 1.28. The van der Waals surface area contributed by atoms with E-state index in [-0.39, 0.29) is 6.61 Å². The summed E-state index contributed by atoms with van der Waals surface area (Å²) < 4.78 is 6.68. The zero-order valence-electron chi connectivity index (χ0n) is 7.38. The van der Waals surface area contributed by atoms with Crippen molar-refractivity contribution in [3.63, 3.8) is 0 Å². The predicted molar refractivity (Wildman–Crippen MR) is 47.4 cm³/mol. The Hall–Kier alpha value is -0.660. The molecule has 0 radical (unpaired) electrons. The van der Waals surface area contributed by atoms with Crippen LogP contribution in [0.4, 0.5) is 0 Å². The van der Waals surface area contributed by atoms with E-state index in [2.05, 4.69) is 15.5 Å². The molecule has 0 saturated carbocycles. The standard InChI is InChI=1S/C6H12N4O2S/c1-10-6(7-8-9-10)13-5-4-12-3-2-11/h11H,2-5H2,1H3. The van der Waals surface area contributed by atoms with Crippen LogP contribution in [0.1, 0.15) is 0 Å². The highest BCUT2D eigenvalue weighted by molar-refractivity contribution is 7.99. The molecule has 1 aromatic rings. The molecule has 0 atom stereocenters. The summed E-state index contributed by atoms with van der Waals surface area (Å²) in [5.41, 5.74) is 0. The van der Waals surface area contributed by atoms with Gasteiger partial charge >= 0.3 is 0 Å². The van der Waals surface area contributed by atoms with Gasteiger partial charge in [0.1, 0.15) is 0 Å². The Kier molecular flexibility index (Phi) is 4.73. The Balaban J connectivity index is 2.10. The summed E-state index contributed by atoms with van der Waals surface area (Å²) in [6, 6.07) is 0. The van der Waals surface area contributed by atoms with Crippen molar-refractivity contribution in [2.45, 2.75) is 5.16 Å². The zero-order valence-corrected chi connectivity index (χ0v) is 8.20. The van der Waals surface area contributed by atoms with Crippen LogP contribution in [0, 0.1) is 0 Å². The van der Waals surface area contributed by atoms with Gasteiger partial charge in [0.05, 0.1) is 19.8 Å². The molecule has 1 rings (SSSR count). The Morgan fingerprint density at radius 1 is 1.54 bits per heavy atom. The fourth-order valence-electron chi connectivity index (χ4n) is 0.702. The quantitative estimate of drug-likeness (QED) is 0.488. The van der Waals surface area contributed by atoms with Crippen molar-refractivity contribution in [3.05, 3.63) is 0 Å². The summed E-state index contributed by atoms with van der Waals surface area (Å²) >= 11 is 1.52. The molecule has 1 heterocycles. The molecule has 7 heteroatoms. The number of aromatic nitrogens is 4. The fraction of sp³-hybridized carbons (Fsp3) is 0.833. The maximum absolute atomic E-state index is 8.43. The van der Waals surface area contributed by atoms with Gasteiger partial charge in [0.2, 0.25) is 5.16 Å². The van der Waals surface area contributed by atoms with Crippen molar-refractivity contribution in [2.24, 2.45) is 7.05 Å². The van der Waals surface area contributed by atoms with E-state index in [0.717, 1.165) is 10.9 Å². The first-order valence-corrected chi connectivity index (χ1v) is 4.87. The molecule has 0 aromatic carbocycles. The Morgan fingerprint density at radius 2 is 2.38 bits per heavy atom. The van der Waals surface area contributed by atoms with Crippen LogP contribution in [0.5, 0.6) is 0 Å². The van der Waals surface area contributed by atoms with Crippen LogP contribution in [0.3, 0.4) is 0 Å². The van der Waals surface area contributed by atoms with E-state index in [1.807, 2.05) is 0 Å². The van der Waals surface area contributed by atoms with E-state index in [9.17, 15) is 0 Å². The van der Waals surface area contributed by atoms with Crippen LogP contribution in [0.15, 0.2) is 5.16 Å². The lowest BCUT2D eigenvalue weighted by Crippen LogP contribution is -2.03. The van der Waals surface area contributed by atoms with E-state index >= 15 is 0 Å². The van der Waals surface area contributed by atoms with Gasteiger partial charge in [-0.25, -0.2) is 4.68 Å². The minimum atomic E-state index is 0.0657. The average Bonchev–Trinajstić information content (AvgIpc) is 2.52. The van der Waals surface area contributed by atoms with Gasteiger partial charge in [0, 0.05) is 12.8 Å². The third-order valence-corrected chi connectivity index (χ3v) is 2.25.